The topological polar surface area (TPSA) is 52.6 Å². The van der Waals surface area contributed by atoms with Crippen LogP contribution in [0.5, 0.6) is 0 Å². The maximum absolute atomic E-state index is 12.0. The van der Waals surface area contributed by atoms with Crippen molar-refractivity contribution < 1.29 is 17.3 Å². The van der Waals surface area contributed by atoms with Crippen LogP contribution in [0, 0.1) is 6.92 Å². The van der Waals surface area contributed by atoms with E-state index < -0.39 is 10.1 Å². The molecule has 2 rings (SSSR count). The van der Waals surface area contributed by atoms with E-state index in [2.05, 4.69) is 0 Å². The molecule has 1 aromatic carbocycles. The molecule has 1 saturated heterocycles. The average Bonchev–Trinajstić information content (AvgIpc) is 2.38. The largest absolute Gasteiger partial charge is 0.376 e. The summed E-state index contributed by atoms with van der Waals surface area (Å²) in [5.41, 5.74) is 0.696. The Labute approximate surface area is 108 Å². The number of hydrogen-bond acceptors (Lipinski definition) is 4. The molecule has 1 heterocycles. The SMILES string of the molecule is Cc1ccccc1S(=O)(=O)OCC1CCCCO1. The van der Waals surface area contributed by atoms with Crippen molar-refractivity contribution in [2.24, 2.45) is 0 Å². The van der Waals surface area contributed by atoms with E-state index in [0.29, 0.717) is 12.2 Å². The zero-order valence-corrected chi connectivity index (χ0v) is 11.3. The van der Waals surface area contributed by atoms with Crippen LogP contribution in [0.3, 0.4) is 0 Å². The summed E-state index contributed by atoms with van der Waals surface area (Å²) in [5, 5.41) is 0. The van der Waals surface area contributed by atoms with E-state index in [0.717, 1.165) is 19.3 Å². The van der Waals surface area contributed by atoms with Crippen LogP contribution in [-0.2, 0) is 19.0 Å². The van der Waals surface area contributed by atoms with Crippen molar-refractivity contribution in [3.8, 4) is 0 Å². The highest BCUT2D eigenvalue weighted by molar-refractivity contribution is 7.86. The van der Waals surface area contributed by atoms with E-state index in [1.165, 1.54) is 0 Å². The fourth-order valence-electron chi connectivity index (χ4n) is 2.00. The maximum atomic E-state index is 12.0. The second kappa shape index (κ2) is 5.82. The minimum Gasteiger partial charge on any atom is -0.376 e. The number of aryl methyl sites for hydroxylation is 1. The average molecular weight is 270 g/mol. The van der Waals surface area contributed by atoms with Crippen LogP contribution >= 0.6 is 0 Å². The van der Waals surface area contributed by atoms with Gasteiger partial charge in [0.2, 0.25) is 0 Å². The zero-order valence-electron chi connectivity index (χ0n) is 10.5. The van der Waals surface area contributed by atoms with Crippen molar-refractivity contribution in [2.45, 2.75) is 37.2 Å². The van der Waals surface area contributed by atoms with Gasteiger partial charge in [0.1, 0.15) is 0 Å². The third kappa shape index (κ3) is 3.31. The Kier molecular flexibility index (Phi) is 4.37. The minimum atomic E-state index is -3.67. The van der Waals surface area contributed by atoms with E-state index in [4.69, 9.17) is 8.92 Å². The first kappa shape index (κ1) is 13.5. The molecule has 1 aliphatic rings. The van der Waals surface area contributed by atoms with Crippen molar-refractivity contribution in [3.63, 3.8) is 0 Å². The molecule has 1 unspecified atom stereocenters. The Balaban J connectivity index is 2.01. The molecule has 1 fully saturated rings. The van der Waals surface area contributed by atoms with Crippen molar-refractivity contribution in [1.29, 1.82) is 0 Å². The summed E-state index contributed by atoms with van der Waals surface area (Å²) < 4.78 is 34.6. The lowest BCUT2D eigenvalue weighted by atomic mass is 10.1. The third-order valence-electron chi connectivity index (χ3n) is 3.05. The Morgan fingerprint density at radius 1 is 1.33 bits per heavy atom. The maximum Gasteiger partial charge on any atom is 0.297 e. The zero-order chi connectivity index (χ0) is 13.0. The second-order valence-corrected chi connectivity index (χ2v) is 6.08. The molecule has 0 spiro atoms. The van der Waals surface area contributed by atoms with Crippen LogP contribution in [0.1, 0.15) is 24.8 Å². The first-order valence-corrected chi connectivity index (χ1v) is 7.57. The summed E-state index contributed by atoms with van der Waals surface area (Å²) in [5.74, 6) is 0. The molecule has 18 heavy (non-hydrogen) atoms. The van der Waals surface area contributed by atoms with Crippen molar-refractivity contribution in [2.75, 3.05) is 13.2 Å². The molecule has 0 saturated carbocycles. The highest BCUT2D eigenvalue weighted by Gasteiger charge is 2.21. The third-order valence-corrected chi connectivity index (χ3v) is 4.49. The summed E-state index contributed by atoms with van der Waals surface area (Å²) in [6.07, 6.45) is 2.88. The van der Waals surface area contributed by atoms with Gasteiger partial charge in [0.05, 0.1) is 17.6 Å². The van der Waals surface area contributed by atoms with E-state index in [1.54, 1.807) is 31.2 Å². The van der Waals surface area contributed by atoms with Gasteiger partial charge in [0.15, 0.2) is 0 Å². The lowest BCUT2D eigenvalue weighted by Gasteiger charge is -2.22. The van der Waals surface area contributed by atoms with Crippen LogP contribution in [0.4, 0.5) is 0 Å². The standard InChI is InChI=1S/C13H18O4S/c1-11-6-2-3-8-13(11)18(14,15)17-10-12-7-4-5-9-16-12/h2-3,6,8,12H,4-5,7,9-10H2,1H3. The summed E-state index contributed by atoms with van der Waals surface area (Å²) in [4.78, 5) is 0.237. The normalized spacial score (nSPS) is 20.8. The van der Waals surface area contributed by atoms with Crippen molar-refractivity contribution in [1.82, 2.24) is 0 Å². The number of benzene rings is 1. The summed E-state index contributed by atoms with van der Waals surface area (Å²) in [7, 11) is -3.67. The Morgan fingerprint density at radius 2 is 2.11 bits per heavy atom. The van der Waals surface area contributed by atoms with E-state index in [-0.39, 0.29) is 17.6 Å². The first-order valence-electron chi connectivity index (χ1n) is 6.16. The van der Waals surface area contributed by atoms with E-state index in [1.807, 2.05) is 0 Å². The minimum absolute atomic E-state index is 0.0995. The predicted octanol–water partition coefficient (Wildman–Crippen LogP) is 2.27. The first-order chi connectivity index (χ1) is 8.59. The monoisotopic (exact) mass is 270 g/mol. The second-order valence-electron chi connectivity index (χ2n) is 4.49. The molecule has 0 aromatic heterocycles. The van der Waals surface area contributed by atoms with Crippen LogP contribution < -0.4 is 0 Å². The van der Waals surface area contributed by atoms with Gasteiger partial charge in [-0.25, -0.2) is 0 Å². The summed E-state index contributed by atoms with van der Waals surface area (Å²) >= 11 is 0. The molecule has 5 heteroatoms. The molecular weight excluding hydrogens is 252 g/mol. The van der Waals surface area contributed by atoms with Crippen molar-refractivity contribution >= 4 is 10.1 Å². The fourth-order valence-corrected chi connectivity index (χ4v) is 3.17. The molecular formula is C13H18O4S. The van der Waals surface area contributed by atoms with Gasteiger partial charge in [0, 0.05) is 6.61 Å². The number of rotatable bonds is 4. The predicted molar refractivity (Wildman–Crippen MR) is 67.9 cm³/mol. The smallest absolute Gasteiger partial charge is 0.297 e. The van der Waals surface area contributed by atoms with Gasteiger partial charge in [-0.15, -0.1) is 0 Å². The van der Waals surface area contributed by atoms with Gasteiger partial charge < -0.3 is 4.74 Å². The molecule has 0 N–H and O–H groups in total. The summed E-state index contributed by atoms with van der Waals surface area (Å²) in [6.45, 7) is 2.56. The molecule has 1 atom stereocenters. The van der Waals surface area contributed by atoms with Crippen LogP contribution in [0.15, 0.2) is 29.2 Å². The summed E-state index contributed by atoms with van der Waals surface area (Å²) in [6, 6.07) is 6.82. The molecule has 0 bridgehead atoms. The Hall–Kier alpha value is -0.910. The highest BCUT2D eigenvalue weighted by Crippen LogP contribution is 2.19. The van der Waals surface area contributed by atoms with Gasteiger partial charge in [-0.2, -0.15) is 8.42 Å². The van der Waals surface area contributed by atoms with Gasteiger partial charge in [-0.1, -0.05) is 18.2 Å². The number of hydrogen-bond donors (Lipinski definition) is 0. The molecule has 0 aliphatic carbocycles. The molecule has 4 nitrogen and oxygen atoms in total. The van der Waals surface area contributed by atoms with Crippen LogP contribution in [-0.4, -0.2) is 27.7 Å². The number of ether oxygens (including phenoxy) is 1. The highest BCUT2D eigenvalue weighted by atomic mass is 32.2. The quantitative estimate of drug-likeness (QED) is 0.788. The van der Waals surface area contributed by atoms with Crippen molar-refractivity contribution in [3.05, 3.63) is 29.8 Å². The molecule has 100 valence electrons. The van der Waals surface area contributed by atoms with Gasteiger partial charge in [0.25, 0.3) is 10.1 Å². The van der Waals surface area contributed by atoms with Crippen LogP contribution in [0.2, 0.25) is 0 Å². The Morgan fingerprint density at radius 3 is 2.78 bits per heavy atom. The fraction of sp³-hybridized carbons (Fsp3) is 0.538. The lowest BCUT2D eigenvalue weighted by Crippen LogP contribution is -2.26. The molecule has 1 aromatic rings. The van der Waals surface area contributed by atoms with E-state index >= 15 is 0 Å². The van der Waals surface area contributed by atoms with Gasteiger partial charge >= 0.3 is 0 Å². The molecule has 0 radical (unpaired) electrons. The Bertz CT molecular complexity index is 489. The lowest BCUT2D eigenvalue weighted by molar-refractivity contribution is -0.00973. The molecule has 1 aliphatic heterocycles. The van der Waals surface area contributed by atoms with E-state index in [9.17, 15) is 8.42 Å². The molecule has 0 amide bonds. The van der Waals surface area contributed by atoms with Gasteiger partial charge in [-0.3, -0.25) is 4.18 Å². The van der Waals surface area contributed by atoms with Gasteiger partial charge in [-0.05, 0) is 37.8 Å². The van der Waals surface area contributed by atoms with Crippen LogP contribution in [0.25, 0.3) is 0 Å².